The summed E-state index contributed by atoms with van der Waals surface area (Å²) in [6.45, 7) is 0.786. The zero-order valence-electron chi connectivity index (χ0n) is 7.76. The average molecular weight is 192 g/mol. The molecular formula is C10H12N2O2. The molecule has 2 heterocycles. The highest BCUT2D eigenvalue weighted by Gasteiger charge is 2.30. The van der Waals surface area contributed by atoms with Gasteiger partial charge in [0, 0.05) is 12.7 Å². The van der Waals surface area contributed by atoms with Crippen LogP contribution < -0.4 is 4.90 Å². The molecule has 0 aromatic carbocycles. The molecule has 1 aromatic rings. The van der Waals surface area contributed by atoms with Gasteiger partial charge in [-0.25, -0.2) is 9.78 Å². The second-order valence-corrected chi connectivity index (χ2v) is 3.38. The first-order valence-corrected chi connectivity index (χ1v) is 4.69. The third kappa shape index (κ3) is 1.55. The number of anilines is 1. The lowest BCUT2D eigenvalue weighted by atomic mass is 10.2. The van der Waals surface area contributed by atoms with Crippen molar-refractivity contribution in [1.82, 2.24) is 4.98 Å². The molecule has 0 spiro atoms. The van der Waals surface area contributed by atoms with Crippen molar-refractivity contribution >= 4 is 11.8 Å². The monoisotopic (exact) mass is 192 g/mol. The quantitative estimate of drug-likeness (QED) is 0.763. The van der Waals surface area contributed by atoms with Crippen LogP contribution in [0.3, 0.4) is 0 Å². The number of carboxylic acids is 1. The molecule has 1 atom stereocenters. The van der Waals surface area contributed by atoms with Crippen molar-refractivity contribution in [2.45, 2.75) is 18.9 Å². The minimum absolute atomic E-state index is 0.398. The lowest BCUT2D eigenvalue weighted by Gasteiger charge is -2.21. The Morgan fingerprint density at radius 1 is 1.57 bits per heavy atom. The van der Waals surface area contributed by atoms with Gasteiger partial charge in [0.2, 0.25) is 0 Å². The van der Waals surface area contributed by atoms with Crippen LogP contribution in [0.1, 0.15) is 12.8 Å². The van der Waals surface area contributed by atoms with Gasteiger partial charge in [-0.3, -0.25) is 0 Å². The first-order valence-electron chi connectivity index (χ1n) is 4.69. The van der Waals surface area contributed by atoms with E-state index in [2.05, 4.69) is 4.98 Å². The van der Waals surface area contributed by atoms with Crippen molar-refractivity contribution < 1.29 is 9.90 Å². The highest BCUT2D eigenvalue weighted by Crippen LogP contribution is 2.23. The van der Waals surface area contributed by atoms with E-state index in [0.717, 1.165) is 18.8 Å². The molecular weight excluding hydrogens is 180 g/mol. The fraction of sp³-hybridized carbons (Fsp3) is 0.400. The van der Waals surface area contributed by atoms with Gasteiger partial charge in [-0.05, 0) is 25.0 Å². The van der Waals surface area contributed by atoms with Crippen LogP contribution in [0.2, 0.25) is 0 Å². The maximum Gasteiger partial charge on any atom is 0.326 e. The molecule has 4 nitrogen and oxygen atoms in total. The number of nitrogens with zero attached hydrogens (tertiary/aromatic N) is 2. The van der Waals surface area contributed by atoms with Crippen LogP contribution in [0.5, 0.6) is 0 Å². The van der Waals surface area contributed by atoms with Gasteiger partial charge < -0.3 is 10.0 Å². The zero-order valence-corrected chi connectivity index (χ0v) is 7.76. The van der Waals surface area contributed by atoms with Gasteiger partial charge in [0.05, 0.1) is 0 Å². The maximum absolute atomic E-state index is 10.9. The van der Waals surface area contributed by atoms with E-state index in [-0.39, 0.29) is 0 Å². The molecule has 0 bridgehead atoms. The van der Waals surface area contributed by atoms with E-state index >= 15 is 0 Å². The minimum atomic E-state index is -0.756. The molecule has 1 aliphatic heterocycles. The summed E-state index contributed by atoms with van der Waals surface area (Å²) in [6.07, 6.45) is 3.33. The van der Waals surface area contributed by atoms with Gasteiger partial charge in [-0.2, -0.15) is 0 Å². The first-order chi connectivity index (χ1) is 6.79. The Kier molecular flexibility index (Phi) is 2.35. The van der Waals surface area contributed by atoms with Gasteiger partial charge >= 0.3 is 5.97 Å². The summed E-state index contributed by atoms with van der Waals surface area (Å²) in [5.74, 6) is 0.00514. The number of carbonyl (C=O) groups is 1. The van der Waals surface area contributed by atoms with Gasteiger partial charge in [-0.1, -0.05) is 6.07 Å². The van der Waals surface area contributed by atoms with E-state index < -0.39 is 12.0 Å². The Morgan fingerprint density at radius 2 is 2.43 bits per heavy atom. The SMILES string of the molecule is O=C(O)[C@H]1CCCN1c1ccccn1. The van der Waals surface area contributed by atoms with E-state index in [1.54, 1.807) is 6.20 Å². The van der Waals surface area contributed by atoms with Gasteiger partial charge in [-0.15, -0.1) is 0 Å². The molecule has 0 saturated carbocycles. The second-order valence-electron chi connectivity index (χ2n) is 3.38. The smallest absolute Gasteiger partial charge is 0.326 e. The third-order valence-electron chi connectivity index (χ3n) is 2.48. The summed E-state index contributed by atoms with van der Waals surface area (Å²) in [5, 5.41) is 8.98. The molecule has 1 saturated heterocycles. The van der Waals surface area contributed by atoms with Crippen molar-refractivity contribution in [2.24, 2.45) is 0 Å². The molecule has 0 radical (unpaired) electrons. The molecule has 14 heavy (non-hydrogen) atoms. The van der Waals surface area contributed by atoms with Crippen LogP contribution >= 0.6 is 0 Å². The Labute approximate surface area is 82.2 Å². The standard InChI is InChI=1S/C10H12N2O2/c13-10(14)8-4-3-7-12(8)9-5-1-2-6-11-9/h1-2,5-6,8H,3-4,7H2,(H,13,14)/t8-/m1/s1. The zero-order chi connectivity index (χ0) is 9.97. The second kappa shape index (κ2) is 3.65. The first kappa shape index (κ1) is 8.99. The number of pyridine rings is 1. The van der Waals surface area contributed by atoms with E-state index in [1.165, 1.54) is 0 Å². The van der Waals surface area contributed by atoms with Gasteiger partial charge in [0.25, 0.3) is 0 Å². The number of carboxylic acid groups (broad SMARTS) is 1. The van der Waals surface area contributed by atoms with Crippen LogP contribution in [0.15, 0.2) is 24.4 Å². The Hall–Kier alpha value is -1.58. The minimum Gasteiger partial charge on any atom is -0.480 e. The van der Waals surface area contributed by atoms with Crippen molar-refractivity contribution in [3.05, 3.63) is 24.4 Å². The predicted molar refractivity (Wildman–Crippen MR) is 52.2 cm³/mol. The Balaban J connectivity index is 2.22. The number of rotatable bonds is 2. The topological polar surface area (TPSA) is 53.4 Å². The number of aliphatic carboxylic acids is 1. The molecule has 4 heteroatoms. The lowest BCUT2D eigenvalue weighted by Crippen LogP contribution is -2.36. The van der Waals surface area contributed by atoms with Crippen molar-refractivity contribution in [2.75, 3.05) is 11.4 Å². The molecule has 1 aromatic heterocycles. The van der Waals surface area contributed by atoms with Gasteiger partial charge in [0.15, 0.2) is 0 Å². The van der Waals surface area contributed by atoms with Crippen molar-refractivity contribution in [1.29, 1.82) is 0 Å². The largest absolute Gasteiger partial charge is 0.480 e. The molecule has 1 N–H and O–H groups in total. The Morgan fingerprint density at radius 3 is 3.07 bits per heavy atom. The van der Waals surface area contributed by atoms with Crippen LogP contribution in [0.25, 0.3) is 0 Å². The number of aromatic nitrogens is 1. The summed E-state index contributed by atoms with van der Waals surface area (Å²) >= 11 is 0. The molecule has 0 unspecified atom stereocenters. The maximum atomic E-state index is 10.9. The van der Waals surface area contributed by atoms with Crippen LogP contribution in [0.4, 0.5) is 5.82 Å². The molecule has 1 fully saturated rings. The van der Waals surface area contributed by atoms with Crippen molar-refractivity contribution in [3.63, 3.8) is 0 Å². The average Bonchev–Trinajstić information content (AvgIpc) is 2.67. The lowest BCUT2D eigenvalue weighted by molar-refractivity contribution is -0.138. The summed E-state index contributed by atoms with van der Waals surface area (Å²) in [4.78, 5) is 16.9. The molecule has 2 rings (SSSR count). The fourth-order valence-electron chi connectivity index (χ4n) is 1.82. The molecule has 0 aliphatic carbocycles. The summed E-state index contributed by atoms with van der Waals surface area (Å²) in [6, 6.07) is 5.15. The molecule has 1 aliphatic rings. The predicted octanol–water partition coefficient (Wildman–Crippen LogP) is 1.14. The summed E-state index contributed by atoms with van der Waals surface area (Å²) < 4.78 is 0. The van der Waals surface area contributed by atoms with E-state index in [1.807, 2.05) is 23.1 Å². The molecule has 0 amide bonds. The van der Waals surface area contributed by atoms with Gasteiger partial charge in [0.1, 0.15) is 11.9 Å². The summed E-state index contributed by atoms with van der Waals surface area (Å²) in [7, 11) is 0. The Bertz CT molecular complexity index is 326. The third-order valence-corrected chi connectivity index (χ3v) is 2.48. The van der Waals surface area contributed by atoms with E-state index in [9.17, 15) is 4.79 Å². The molecule has 74 valence electrons. The summed E-state index contributed by atoms with van der Waals surface area (Å²) in [5.41, 5.74) is 0. The van der Waals surface area contributed by atoms with E-state index in [4.69, 9.17) is 5.11 Å². The number of hydrogen-bond donors (Lipinski definition) is 1. The van der Waals surface area contributed by atoms with Crippen molar-refractivity contribution in [3.8, 4) is 0 Å². The number of hydrogen-bond acceptors (Lipinski definition) is 3. The van der Waals surface area contributed by atoms with Crippen LogP contribution in [0, 0.1) is 0 Å². The normalized spacial score (nSPS) is 21.1. The fourth-order valence-corrected chi connectivity index (χ4v) is 1.82. The van der Waals surface area contributed by atoms with Crippen LogP contribution in [-0.2, 0) is 4.79 Å². The highest BCUT2D eigenvalue weighted by molar-refractivity contribution is 5.78. The van der Waals surface area contributed by atoms with Crippen LogP contribution in [-0.4, -0.2) is 28.6 Å². The highest BCUT2D eigenvalue weighted by atomic mass is 16.4. The van der Waals surface area contributed by atoms with E-state index in [0.29, 0.717) is 6.42 Å².